The number of fused-ring (bicyclic) bond motifs is 1. The maximum atomic E-state index is 11.7. The van der Waals surface area contributed by atoms with Crippen molar-refractivity contribution in [3.05, 3.63) is 22.6 Å². The number of aliphatic hydroxyl groups is 2. The van der Waals surface area contributed by atoms with Gasteiger partial charge in [-0.1, -0.05) is 0 Å². The summed E-state index contributed by atoms with van der Waals surface area (Å²) in [5.74, 6) is 0.0229. The molecule has 0 unspecified atom stereocenters. The van der Waals surface area contributed by atoms with Crippen LogP contribution in [0.2, 0.25) is 0 Å². The van der Waals surface area contributed by atoms with Crippen LogP contribution in [0, 0.1) is 0 Å². The van der Waals surface area contributed by atoms with Crippen LogP contribution in [-0.4, -0.2) is 43.6 Å². The highest BCUT2D eigenvalue weighted by Crippen LogP contribution is 2.30. The summed E-state index contributed by atoms with van der Waals surface area (Å²) in [5, 5.41) is 19.2. The third kappa shape index (κ3) is 1.89. The van der Waals surface area contributed by atoms with Crippen molar-refractivity contribution in [3.8, 4) is 0 Å². The second-order valence-corrected chi connectivity index (χ2v) is 4.53. The van der Waals surface area contributed by atoms with E-state index < -0.39 is 18.4 Å². The third-order valence-corrected chi connectivity index (χ3v) is 3.29. The highest BCUT2D eigenvalue weighted by Gasteiger charge is 2.35. The summed E-state index contributed by atoms with van der Waals surface area (Å²) in [6.45, 7) is -0.257. The molecule has 3 heterocycles. The molecular weight excluding hydrogens is 252 g/mol. The Morgan fingerprint density at radius 3 is 3.11 bits per heavy atom. The third-order valence-electron chi connectivity index (χ3n) is 3.29. The highest BCUT2D eigenvalue weighted by molar-refractivity contribution is 5.76. The van der Waals surface area contributed by atoms with Gasteiger partial charge in [-0.3, -0.25) is 9.78 Å². The predicted molar refractivity (Wildman–Crippen MR) is 66.4 cm³/mol. The standard InChI is InChI=1S/C11H14N4O4/c12-11-13-9-5(10(18)14-11)1-2-15(9)8-3-6(17)7(4-16)19-8/h1-2,6-8,16-17H,3-4H2,(H3,12,13,14,18)/t6-,7+,8+/m1/s1. The van der Waals surface area contributed by atoms with Crippen LogP contribution in [0.1, 0.15) is 12.6 Å². The average Bonchev–Trinajstić information content (AvgIpc) is 2.92. The number of anilines is 1. The van der Waals surface area contributed by atoms with Crippen LogP contribution in [0.25, 0.3) is 11.0 Å². The first-order valence-corrected chi connectivity index (χ1v) is 5.91. The van der Waals surface area contributed by atoms with E-state index in [4.69, 9.17) is 15.6 Å². The van der Waals surface area contributed by atoms with Gasteiger partial charge in [-0.05, 0) is 6.07 Å². The molecule has 0 radical (unpaired) electrons. The van der Waals surface area contributed by atoms with E-state index in [0.717, 1.165) is 0 Å². The molecule has 1 aliphatic heterocycles. The number of nitrogens with zero attached hydrogens (tertiary/aromatic N) is 2. The zero-order valence-electron chi connectivity index (χ0n) is 9.98. The summed E-state index contributed by atoms with van der Waals surface area (Å²) in [4.78, 5) is 18.2. The van der Waals surface area contributed by atoms with E-state index in [-0.39, 0.29) is 18.1 Å². The van der Waals surface area contributed by atoms with Gasteiger partial charge in [0.25, 0.3) is 5.56 Å². The maximum Gasteiger partial charge on any atom is 0.261 e. The van der Waals surface area contributed by atoms with Crippen molar-refractivity contribution in [3.63, 3.8) is 0 Å². The molecule has 3 rings (SSSR count). The number of aromatic nitrogens is 3. The van der Waals surface area contributed by atoms with Crippen molar-refractivity contribution < 1.29 is 14.9 Å². The summed E-state index contributed by atoms with van der Waals surface area (Å²) in [6.07, 6.45) is 0.138. The molecule has 102 valence electrons. The van der Waals surface area contributed by atoms with Crippen LogP contribution >= 0.6 is 0 Å². The van der Waals surface area contributed by atoms with Crippen molar-refractivity contribution in [2.75, 3.05) is 12.3 Å². The van der Waals surface area contributed by atoms with Crippen LogP contribution < -0.4 is 11.3 Å². The lowest BCUT2D eigenvalue weighted by molar-refractivity contribution is -0.0430. The molecule has 1 saturated heterocycles. The Balaban J connectivity index is 2.05. The number of rotatable bonds is 2. The van der Waals surface area contributed by atoms with Gasteiger partial charge < -0.3 is 25.3 Å². The minimum atomic E-state index is -0.744. The lowest BCUT2D eigenvalue weighted by atomic mass is 10.2. The number of aromatic amines is 1. The molecule has 2 aromatic heterocycles. The second-order valence-electron chi connectivity index (χ2n) is 4.53. The molecule has 0 aromatic carbocycles. The Morgan fingerprint density at radius 1 is 1.63 bits per heavy atom. The number of nitrogens with one attached hydrogen (secondary N) is 1. The second kappa shape index (κ2) is 4.34. The maximum absolute atomic E-state index is 11.7. The lowest BCUT2D eigenvalue weighted by Gasteiger charge is -2.14. The Bertz CT molecular complexity index is 664. The van der Waals surface area contributed by atoms with Gasteiger partial charge in [-0.25, -0.2) is 0 Å². The van der Waals surface area contributed by atoms with E-state index in [1.165, 1.54) is 0 Å². The van der Waals surface area contributed by atoms with Crippen molar-refractivity contribution in [1.82, 2.24) is 14.5 Å². The van der Waals surface area contributed by atoms with E-state index in [1.54, 1.807) is 16.8 Å². The topological polar surface area (TPSA) is 126 Å². The molecule has 2 aromatic rings. The molecule has 0 spiro atoms. The smallest absolute Gasteiger partial charge is 0.261 e. The van der Waals surface area contributed by atoms with Crippen molar-refractivity contribution in [2.45, 2.75) is 24.9 Å². The monoisotopic (exact) mass is 266 g/mol. The van der Waals surface area contributed by atoms with Crippen LogP contribution in [0.15, 0.2) is 17.1 Å². The molecule has 0 amide bonds. The van der Waals surface area contributed by atoms with Crippen LogP contribution in [0.4, 0.5) is 5.95 Å². The summed E-state index contributed by atoms with van der Waals surface area (Å²) < 4.78 is 7.16. The number of hydrogen-bond donors (Lipinski definition) is 4. The number of ether oxygens (including phenoxy) is 1. The Kier molecular flexibility index (Phi) is 2.77. The largest absolute Gasteiger partial charge is 0.394 e. The molecule has 0 bridgehead atoms. The molecule has 5 N–H and O–H groups in total. The molecule has 1 aliphatic rings. The van der Waals surface area contributed by atoms with Gasteiger partial charge >= 0.3 is 0 Å². The van der Waals surface area contributed by atoms with Gasteiger partial charge in [0.05, 0.1) is 18.1 Å². The molecule has 3 atom stereocenters. The van der Waals surface area contributed by atoms with Crippen LogP contribution in [-0.2, 0) is 4.74 Å². The van der Waals surface area contributed by atoms with E-state index in [1.807, 2.05) is 0 Å². The molecule has 8 nitrogen and oxygen atoms in total. The highest BCUT2D eigenvalue weighted by atomic mass is 16.5. The fraction of sp³-hybridized carbons (Fsp3) is 0.455. The summed E-state index contributed by atoms with van der Waals surface area (Å²) in [6, 6.07) is 1.61. The quantitative estimate of drug-likeness (QED) is 0.549. The van der Waals surface area contributed by atoms with Gasteiger partial charge in [-0.2, -0.15) is 4.98 Å². The molecule has 8 heteroatoms. The zero-order valence-corrected chi connectivity index (χ0v) is 9.98. The van der Waals surface area contributed by atoms with Gasteiger partial charge in [0, 0.05) is 12.6 Å². The average molecular weight is 266 g/mol. The molecule has 0 aliphatic carbocycles. The number of nitrogen functional groups attached to an aromatic ring is 1. The fourth-order valence-corrected chi connectivity index (χ4v) is 2.34. The number of H-pyrrole nitrogens is 1. The van der Waals surface area contributed by atoms with Gasteiger partial charge in [0.15, 0.2) is 5.65 Å². The normalized spacial score (nSPS) is 27.2. The number of nitrogens with two attached hydrogens (primary N) is 1. The van der Waals surface area contributed by atoms with Crippen LogP contribution in [0.5, 0.6) is 0 Å². The minimum absolute atomic E-state index is 0.0229. The van der Waals surface area contributed by atoms with Gasteiger partial charge in [0.1, 0.15) is 12.3 Å². The summed E-state index contributed by atoms with van der Waals surface area (Å²) in [5.41, 5.74) is 5.60. The van der Waals surface area contributed by atoms with Gasteiger partial charge in [-0.15, -0.1) is 0 Å². The van der Waals surface area contributed by atoms with Crippen molar-refractivity contribution in [1.29, 1.82) is 0 Å². The Hall–Kier alpha value is -1.90. The van der Waals surface area contributed by atoms with E-state index in [0.29, 0.717) is 17.5 Å². The number of hydrogen-bond acceptors (Lipinski definition) is 6. The molecule has 1 fully saturated rings. The van der Waals surface area contributed by atoms with E-state index >= 15 is 0 Å². The van der Waals surface area contributed by atoms with E-state index in [2.05, 4.69) is 9.97 Å². The predicted octanol–water partition coefficient (Wildman–Crippen LogP) is -1.05. The first kappa shape index (κ1) is 12.2. The summed E-state index contributed by atoms with van der Waals surface area (Å²) in [7, 11) is 0. The fourth-order valence-electron chi connectivity index (χ4n) is 2.34. The van der Waals surface area contributed by atoms with E-state index in [9.17, 15) is 9.90 Å². The van der Waals surface area contributed by atoms with Crippen molar-refractivity contribution in [2.24, 2.45) is 0 Å². The first-order chi connectivity index (χ1) is 9.10. The lowest BCUT2D eigenvalue weighted by Crippen LogP contribution is -2.24. The SMILES string of the molecule is Nc1nc2c(ccn2[C@@H]2C[C@@H](O)[C@H](CO)O2)c(=O)[nH]1. The molecule has 19 heavy (non-hydrogen) atoms. The molecular formula is C11H14N4O4. The Morgan fingerprint density at radius 2 is 2.42 bits per heavy atom. The summed E-state index contributed by atoms with van der Waals surface area (Å²) >= 11 is 0. The van der Waals surface area contributed by atoms with Crippen molar-refractivity contribution >= 4 is 17.0 Å². The van der Waals surface area contributed by atoms with Gasteiger partial charge in [0.2, 0.25) is 5.95 Å². The minimum Gasteiger partial charge on any atom is -0.394 e. The van der Waals surface area contributed by atoms with Crippen LogP contribution in [0.3, 0.4) is 0 Å². The Labute approximate surface area is 107 Å². The molecule has 0 saturated carbocycles. The first-order valence-electron chi connectivity index (χ1n) is 5.91. The number of aliphatic hydroxyl groups excluding tert-OH is 2. The zero-order chi connectivity index (χ0) is 13.6.